The molecule has 0 aliphatic rings. The van der Waals surface area contributed by atoms with E-state index in [1.807, 2.05) is 56.3 Å². The second-order valence-corrected chi connectivity index (χ2v) is 6.70. The number of carbonyl (C=O) groups is 1. The van der Waals surface area contributed by atoms with Crippen molar-refractivity contribution in [1.29, 1.82) is 0 Å². The molecule has 0 saturated carbocycles. The number of aromatic nitrogens is 2. The summed E-state index contributed by atoms with van der Waals surface area (Å²) in [6.45, 7) is 4.18. The molecule has 3 rings (SSSR count). The summed E-state index contributed by atoms with van der Waals surface area (Å²) in [5.74, 6) is 0.381. The molecule has 0 saturated heterocycles. The summed E-state index contributed by atoms with van der Waals surface area (Å²) >= 11 is 6.13. The molecule has 1 atom stereocenters. The molecule has 140 valence electrons. The van der Waals surface area contributed by atoms with Gasteiger partial charge in [0.25, 0.3) is 5.91 Å². The van der Waals surface area contributed by atoms with Crippen molar-refractivity contribution < 1.29 is 9.53 Å². The Morgan fingerprint density at radius 3 is 2.74 bits per heavy atom. The van der Waals surface area contributed by atoms with Gasteiger partial charge in [0, 0.05) is 6.20 Å². The SMILES string of the molecule is CCC(NC(=O)c1ccn(COc2cc(C)ccc2Cl)n1)c1ccccc1. The van der Waals surface area contributed by atoms with E-state index in [1.54, 1.807) is 23.0 Å². The van der Waals surface area contributed by atoms with Crippen LogP contribution >= 0.6 is 11.6 Å². The molecule has 27 heavy (non-hydrogen) atoms. The number of carbonyl (C=O) groups excluding carboxylic acids is 1. The van der Waals surface area contributed by atoms with Crippen molar-refractivity contribution in [2.75, 3.05) is 0 Å². The van der Waals surface area contributed by atoms with Crippen molar-refractivity contribution in [3.8, 4) is 5.75 Å². The molecule has 1 heterocycles. The third kappa shape index (κ3) is 4.89. The average molecular weight is 384 g/mol. The summed E-state index contributed by atoms with van der Waals surface area (Å²) in [7, 11) is 0. The van der Waals surface area contributed by atoms with E-state index in [2.05, 4.69) is 10.4 Å². The van der Waals surface area contributed by atoms with Gasteiger partial charge in [0.05, 0.1) is 11.1 Å². The summed E-state index contributed by atoms with van der Waals surface area (Å²) in [6.07, 6.45) is 2.51. The van der Waals surface area contributed by atoms with Crippen molar-refractivity contribution in [3.05, 3.63) is 82.6 Å². The third-order valence-electron chi connectivity index (χ3n) is 4.23. The number of rotatable bonds is 7. The van der Waals surface area contributed by atoms with E-state index in [0.717, 1.165) is 17.5 Å². The maximum absolute atomic E-state index is 12.5. The number of nitrogens with zero attached hydrogens (tertiary/aromatic N) is 2. The summed E-state index contributed by atoms with van der Waals surface area (Å²) in [5, 5.41) is 7.86. The number of ether oxygens (including phenoxy) is 1. The Morgan fingerprint density at radius 1 is 1.22 bits per heavy atom. The Kier molecular flexibility index (Phi) is 6.14. The number of nitrogens with one attached hydrogen (secondary N) is 1. The summed E-state index contributed by atoms with van der Waals surface area (Å²) < 4.78 is 7.27. The van der Waals surface area contributed by atoms with E-state index >= 15 is 0 Å². The fraction of sp³-hybridized carbons (Fsp3) is 0.238. The van der Waals surface area contributed by atoms with Gasteiger partial charge < -0.3 is 10.1 Å². The van der Waals surface area contributed by atoms with Crippen LogP contribution in [0.25, 0.3) is 0 Å². The van der Waals surface area contributed by atoms with Crippen molar-refractivity contribution in [2.24, 2.45) is 0 Å². The predicted molar refractivity (Wildman–Crippen MR) is 106 cm³/mol. The predicted octanol–water partition coefficient (Wildman–Crippen LogP) is 4.76. The van der Waals surface area contributed by atoms with Gasteiger partial charge in [-0.2, -0.15) is 5.10 Å². The lowest BCUT2D eigenvalue weighted by molar-refractivity contribution is 0.0928. The number of hydrogen-bond donors (Lipinski definition) is 1. The van der Waals surface area contributed by atoms with Crippen LogP contribution in [-0.2, 0) is 6.73 Å². The van der Waals surface area contributed by atoms with Crippen LogP contribution in [0.5, 0.6) is 5.75 Å². The van der Waals surface area contributed by atoms with Crippen LogP contribution in [0.2, 0.25) is 5.02 Å². The molecule has 5 nitrogen and oxygen atoms in total. The fourth-order valence-electron chi connectivity index (χ4n) is 2.75. The molecular weight excluding hydrogens is 362 g/mol. The number of halogens is 1. The lowest BCUT2D eigenvalue weighted by Gasteiger charge is -2.16. The molecule has 1 unspecified atom stereocenters. The van der Waals surface area contributed by atoms with E-state index in [9.17, 15) is 4.79 Å². The summed E-state index contributed by atoms with van der Waals surface area (Å²) in [4.78, 5) is 12.5. The van der Waals surface area contributed by atoms with Gasteiger partial charge in [0.1, 0.15) is 11.4 Å². The van der Waals surface area contributed by atoms with Gasteiger partial charge in [0.2, 0.25) is 0 Å². The van der Waals surface area contributed by atoms with Gasteiger partial charge >= 0.3 is 0 Å². The molecule has 1 amide bonds. The molecule has 1 aromatic heterocycles. The zero-order valence-corrected chi connectivity index (χ0v) is 16.1. The first-order chi connectivity index (χ1) is 13.1. The second-order valence-electron chi connectivity index (χ2n) is 6.29. The van der Waals surface area contributed by atoms with Crippen LogP contribution in [0, 0.1) is 6.92 Å². The highest BCUT2D eigenvalue weighted by Gasteiger charge is 2.16. The van der Waals surface area contributed by atoms with Crippen LogP contribution in [-0.4, -0.2) is 15.7 Å². The molecule has 0 aliphatic carbocycles. The molecule has 0 spiro atoms. The topological polar surface area (TPSA) is 56.2 Å². The number of hydrogen-bond acceptors (Lipinski definition) is 3. The maximum Gasteiger partial charge on any atom is 0.272 e. The highest BCUT2D eigenvalue weighted by Crippen LogP contribution is 2.25. The van der Waals surface area contributed by atoms with E-state index in [1.165, 1.54) is 0 Å². The first-order valence-electron chi connectivity index (χ1n) is 8.85. The zero-order valence-electron chi connectivity index (χ0n) is 15.4. The molecule has 0 aliphatic heterocycles. The van der Waals surface area contributed by atoms with Gasteiger partial charge in [-0.05, 0) is 42.7 Å². The highest BCUT2D eigenvalue weighted by molar-refractivity contribution is 6.32. The number of aryl methyl sites for hydroxylation is 1. The quantitative estimate of drug-likeness (QED) is 0.639. The largest absolute Gasteiger partial charge is 0.470 e. The second kappa shape index (κ2) is 8.73. The van der Waals surface area contributed by atoms with Gasteiger partial charge in [-0.1, -0.05) is 54.9 Å². The molecule has 0 fully saturated rings. The minimum absolute atomic E-state index is 0.0498. The van der Waals surface area contributed by atoms with Crippen LogP contribution in [0.1, 0.15) is 41.0 Å². The first kappa shape index (κ1) is 19.0. The average Bonchev–Trinajstić information content (AvgIpc) is 3.16. The first-order valence-corrected chi connectivity index (χ1v) is 9.23. The van der Waals surface area contributed by atoms with Gasteiger partial charge in [-0.25, -0.2) is 4.68 Å². The normalized spacial score (nSPS) is 11.8. The summed E-state index contributed by atoms with van der Waals surface area (Å²) in [6, 6.07) is 17.1. The Morgan fingerprint density at radius 2 is 2.00 bits per heavy atom. The van der Waals surface area contributed by atoms with E-state index in [-0.39, 0.29) is 18.7 Å². The Labute approximate surface area is 163 Å². The van der Waals surface area contributed by atoms with Crippen LogP contribution in [0.3, 0.4) is 0 Å². The summed E-state index contributed by atoms with van der Waals surface area (Å²) in [5.41, 5.74) is 2.48. The van der Waals surface area contributed by atoms with Gasteiger partial charge in [-0.15, -0.1) is 0 Å². The molecule has 1 N–H and O–H groups in total. The van der Waals surface area contributed by atoms with Crippen molar-refractivity contribution in [3.63, 3.8) is 0 Å². The molecular formula is C21H22ClN3O2. The van der Waals surface area contributed by atoms with Gasteiger partial charge in [0.15, 0.2) is 6.73 Å². The molecule has 0 bridgehead atoms. The maximum atomic E-state index is 12.5. The van der Waals surface area contributed by atoms with Crippen molar-refractivity contribution in [1.82, 2.24) is 15.1 Å². The molecule has 0 radical (unpaired) electrons. The third-order valence-corrected chi connectivity index (χ3v) is 4.54. The van der Waals surface area contributed by atoms with E-state index < -0.39 is 0 Å². The number of amides is 1. The smallest absolute Gasteiger partial charge is 0.272 e. The lowest BCUT2D eigenvalue weighted by Crippen LogP contribution is -2.28. The Bertz CT molecular complexity index is 909. The molecule has 6 heteroatoms. The minimum Gasteiger partial charge on any atom is -0.470 e. The Hall–Kier alpha value is -2.79. The number of benzene rings is 2. The van der Waals surface area contributed by atoms with E-state index in [0.29, 0.717) is 16.5 Å². The zero-order chi connectivity index (χ0) is 19.2. The van der Waals surface area contributed by atoms with Gasteiger partial charge in [-0.3, -0.25) is 4.79 Å². The minimum atomic E-state index is -0.210. The standard InChI is InChI=1S/C21H22ClN3O2/c1-3-18(16-7-5-4-6-8-16)23-21(26)19-11-12-25(24-19)14-27-20-13-15(2)9-10-17(20)22/h4-13,18H,3,14H2,1-2H3,(H,23,26). The van der Waals surface area contributed by atoms with Crippen molar-refractivity contribution >= 4 is 17.5 Å². The highest BCUT2D eigenvalue weighted by atomic mass is 35.5. The monoisotopic (exact) mass is 383 g/mol. The fourth-order valence-corrected chi connectivity index (χ4v) is 2.92. The lowest BCUT2D eigenvalue weighted by atomic mass is 10.0. The van der Waals surface area contributed by atoms with Crippen LogP contribution in [0.4, 0.5) is 0 Å². The molecule has 3 aromatic rings. The Balaban J connectivity index is 1.62. The van der Waals surface area contributed by atoms with Crippen LogP contribution < -0.4 is 10.1 Å². The molecule has 2 aromatic carbocycles. The van der Waals surface area contributed by atoms with E-state index in [4.69, 9.17) is 16.3 Å². The van der Waals surface area contributed by atoms with Crippen molar-refractivity contribution in [2.45, 2.75) is 33.0 Å². The van der Waals surface area contributed by atoms with Crippen LogP contribution in [0.15, 0.2) is 60.8 Å².